The van der Waals surface area contributed by atoms with Crippen LogP contribution in [0.4, 0.5) is 5.69 Å². The van der Waals surface area contributed by atoms with E-state index in [2.05, 4.69) is 33.7 Å². The first-order valence-corrected chi connectivity index (χ1v) is 10.7. The summed E-state index contributed by atoms with van der Waals surface area (Å²) in [5.41, 5.74) is 4.30. The van der Waals surface area contributed by atoms with Gasteiger partial charge in [-0.3, -0.25) is 13.8 Å². The van der Waals surface area contributed by atoms with Gasteiger partial charge in [-0.15, -0.1) is 0 Å². The number of thiol groups is 1. The van der Waals surface area contributed by atoms with Gasteiger partial charge in [0.05, 0.1) is 36.7 Å². The Hall–Kier alpha value is -2.81. The summed E-state index contributed by atoms with van der Waals surface area (Å²) in [6.07, 6.45) is 8.83. The summed E-state index contributed by atoms with van der Waals surface area (Å²) in [5, 5.41) is 1.50. The van der Waals surface area contributed by atoms with Crippen molar-refractivity contribution in [2.75, 3.05) is 31.2 Å². The molecule has 0 aromatic carbocycles. The lowest BCUT2D eigenvalue weighted by atomic mass is 10.1. The number of morpholine rings is 1. The summed E-state index contributed by atoms with van der Waals surface area (Å²) in [5.74, 6) is 0. The Morgan fingerprint density at radius 1 is 1.13 bits per heavy atom. The molecule has 0 radical (unpaired) electrons. The van der Waals surface area contributed by atoms with E-state index in [1.165, 1.54) is 0 Å². The van der Waals surface area contributed by atoms with Crippen LogP contribution in [0, 0.1) is 0 Å². The van der Waals surface area contributed by atoms with Crippen molar-refractivity contribution in [3.05, 3.63) is 76.2 Å². The molecule has 31 heavy (non-hydrogen) atoms. The van der Waals surface area contributed by atoms with Gasteiger partial charge in [0.2, 0.25) is 0 Å². The molecule has 4 aromatic heterocycles. The summed E-state index contributed by atoms with van der Waals surface area (Å²) < 4.78 is 8.78. The number of halogens is 1. The quantitative estimate of drug-likeness (QED) is 0.479. The molecular weight excluding hydrogens is 434 g/mol. The minimum absolute atomic E-state index is 0.102. The van der Waals surface area contributed by atoms with E-state index in [4.69, 9.17) is 16.3 Å². The van der Waals surface area contributed by atoms with Gasteiger partial charge in [-0.25, -0.2) is 4.98 Å². The summed E-state index contributed by atoms with van der Waals surface area (Å²) in [7, 11) is 0. The third-order valence-corrected chi connectivity index (χ3v) is 5.92. The average Bonchev–Trinajstić information content (AvgIpc) is 3.12. The summed E-state index contributed by atoms with van der Waals surface area (Å²) in [4.78, 5) is 23.8. The Bertz CT molecular complexity index is 1310. The first-order valence-electron chi connectivity index (χ1n) is 9.92. The van der Waals surface area contributed by atoms with E-state index in [-0.39, 0.29) is 5.56 Å². The SMILES string of the molecule is O=c1cc(-c2cn(S)c3ncc(N4CCOCC4)cc23)ccn1Cc1cncc(Cl)c1. The highest BCUT2D eigenvalue weighted by molar-refractivity contribution is 7.78. The van der Waals surface area contributed by atoms with Gasteiger partial charge in [-0.1, -0.05) is 24.4 Å². The molecule has 4 aromatic rings. The number of aromatic nitrogens is 4. The fourth-order valence-electron chi connectivity index (χ4n) is 3.85. The summed E-state index contributed by atoms with van der Waals surface area (Å²) in [6.45, 7) is 3.48. The maximum Gasteiger partial charge on any atom is 0.251 e. The third-order valence-electron chi connectivity index (χ3n) is 5.41. The standard InChI is InChI=1S/C22H20ClN5O2S/c23-17-7-15(10-24-11-17)13-27-2-1-16(8-21(27)29)20-14-28(31)22-19(20)9-18(12-25-22)26-3-5-30-6-4-26/h1-2,7-12,14,31H,3-6,13H2. The van der Waals surface area contributed by atoms with Gasteiger partial charge in [0.25, 0.3) is 5.56 Å². The number of nitrogens with zero attached hydrogens (tertiary/aromatic N) is 5. The highest BCUT2D eigenvalue weighted by Crippen LogP contribution is 2.32. The number of rotatable bonds is 4. The van der Waals surface area contributed by atoms with Crippen LogP contribution in [0.5, 0.6) is 0 Å². The molecule has 9 heteroatoms. The fourth-order valence-corrected chi connectivity index (χ4v) is 4.32. The zero-order valence-corrected chi connectivity index (χ0v) is 18.3. The zero-order chi connectivity index (χ0) is 21.4. The smallest absolute Gasteiger partial charge is 0.251 e. The summed E-state index contributed by atoms with van der Waals surface area (Å²) >= 11 is 10.5. The molecule has 0 unspecified atom stereocenters. The van der Waals surface area contributed by atoms with E-state index < -0.39 is 0 Å². The van der Waals surface area contributed by atoms with Crippen LogP contribution in [0.1, 0.15) is 5.56 Å². The summed E-state index contributed by atoms with van der Waals surface area (Å²) in [6, 6.07) is 7.49. The van der Waals surface area contributed by atoms with Crippen molar-refractivity contribution in [1.29, 1.82) is 0 Å². The highest BCUT2D eigenvalue weighted by Gasteiger charge is 2.16. The van der Waals surface area contributed by atoms with Crippen LogP contribution in [-0.4, -0.2) is 44.8 Å². The molecule has 7 nitrogen and oxygen atoms in total. The van der Waals surface area contributed by atoms with Gasteiger partial charge in [0.15, 0.2) is 5.65 Å². The molecule has 0 N–H and O–H groups in total. The molecule has 158 valence electrons. The molecular formula is C22H20ClN5O2S. The van der Waals surface area contributed by atoms with Gasteiger partial charge < -0.3 is 14.2 Å². The van der Waals surface area contributed by atoms with Crippen LogP contribution in [0.25, 0.3) is 22.2 Å². The maximum absolute atomic E-state index is 12.8. The largest absolute Gasteiger partial charge is 0.378 e. The second-order valence-electron chi connectivity index (χ2n) is 7.44. The molecule has 1 fully saturated rings. The van der Waals surface area contributed by atoms with Crippen molar-refractivity contribution < 1.29 is 4.74 Å². The molecule has 0 atom stereocenters. The topological polar surface area (TPSA) is 65.2 Å². The molecule has 1 aliphatic rings. The Morgan fingerprint density at radius 3 is 2.74 bits per heavy atom. The predicted octanol–water partition coefficient (Wildman–Crippen LogP) is 3.49. The number of hydrogen-bond donors (Lipinski definition) is 1. The lowest BCUT2D eigenvalue weighted by molar-refractivity contribution is 0.122. The number of pyridine rings is 3. The van der Waals surface area contributed by atoms with Gasteiger partial charge >= 0.3 is 0 Å². The molecule has 0 bridgehead atoms. The molecule has 0 aliphatic carbocycles. The molecule has 0 spiro atoms. The highest BCUT2D eigenvalue weighted by atomic mass is 35.5. The van der Waals surface area contributed by atoms with Crippen molar-refractivity contribution in [3.8, 4) is 11.1 Å². The van der Waals surface area contributed by atoms with E-state index in [1.807, 2.05) is 24.5 Å². The van der Waals surface area contributed by atoms with E-state index >= 15 is 0 Å². The molecule has 1 aliphatic heterocycles. The van der Waals surface area contributed by atoms with Crippen molar-refractivity contribution in [2.45, 2.75) is 6.54 Å². The average molecular weight is 454 g/mol. The van der Waals surface area contributed by atoms with Crippen LogP contribution in [-0.2, 0) is 11.3 Å². The first kappa shape index (κ1) is 20.1. The third kappa shape index (κ3) is 4.06. The van der Waals surface area contributed by atoms with Crippen molar-refractivity contribution in [1.82, 2.24) is 18.5 Å². The van der Waals surface area contributed by atoms with Crippen LogP contribution >= 0.6 is 24.4 Å². The number of anilines is 1. The van der Waals surface area contributed by atoms with Crippen LogP contribution < -0.4 is 10.5 Å². The Labute approximate surface area is 189 Å². The Kier molecular flexibility index (Phi) is 5.43. The van der Waals surface area contributed by atoms with Crippen LogP contribution in [0.15, 0.2) is 60.0 Å². The lowest BCUT2D eigenvalue weighted by Crippen LogP contribution is -2.36. The fraction of sp³-hybridized carbons (Fsp3) is 0.227. The molecule has 5 heterocycles. The molecule has 0 amide bonds. The van der Waals surface area contributed by atoms with Crippen LogP contribution in [0.3, 0.4) is 0 Å². The Balaban J connectivity index is 1.51. The number of fused-ring (bicyclic) bond motifs is 1. The zero-order valence-electron chi connectivity index (χ0n) is 16.6. The lowest BCUT2D eigenvalue weighted by Gasteiger charge is -2.28. The van der Waals surface area contributed by atoms with Gasteiger partial charge in [0, 0.05) is 54.9 Å². The first-order chi connectivity index (χ1) is 15.1. The van der Waals surface area contributed by atoms with Crippen LogP contribution in [0.2, 0.25) is 5.02 Å². The maximum atomic E-state index is 12.8. The molecule has 1 saturated heterocycles. The second kappa shape index (κ2) is 8.37. The van der Waals surface area contributed by atoms with Crippen molar-refractivity contribution in [2.24, 2.45) is 0 Å². The van der Waals surface area contributed by atoms with Gasteiger partial charge in [-0.2, -0.15) is 0 Å². The van der Waals surface area contributed by atoms with Gasteiger partial charge in [0.1, 0.15) is 0 Å². The molecule has 5 rings (SSSR count). The molecule has 0 saturated carbocycles. The van der Waals surface area contributed by atoms with Crippen molar-refractivity contribution in [3.63, 3.8) is 0 Å². The Morgan fingerprint density at radius 2 is 1.97 bits per heavy atom. The van der Waals surface area contributed by atoms with E-state index in [0.717, 1.165) is 46.5 Å². The number of ether oxygens (including phenoxy) is 1. The van der Waals surface area contributed by atoms with E-state index in [0.29, 0.717) is 24.8 Å². The predicted molar refractivity (Wildman–Crippen MR) is 125 cm³/mol. The monoisotopic (exact) mass is 453 g/mol. The van der Waals surface area contributed by atoms with Gasteiger partial charge in [-0.05, 0) is 29.3 Å². The van der Waals surface area contributed by atoms with E-state index in [9.17, 15) is 4.79 Å². The van der Waals surface area contributed by atoms with Crippen molar-refractivity contribution >= 4 is 41.1 Å². The number of hydrogen-bond acceptors (Lipinski definition) is 6. The van der Waals surface area contributed by atoms with E-state index in [1.54, 1.807) is 33.2 Å². The normalized spacial score (nSPS) is 14.3. The minimum Gasteiger partial charge on any atom is -0.378 e. The second-order valence-corrected chi connectivity index (χ2v) is 8.31. The minimum atomic E-state index is -0.102.